The molecule has 2 aromatic rings. The van der Waals surface area contributed by atoms with Gasteiger partial charge in [0.2, 0.25) is 0 Å². The van der Waals surface area contributed by atoms with E-state index in [1.165, 1.54) is 0 Å². The molecule has 0 bridgehead atoms. The average Bonchev–Trinajstić information content (AvgIpc) is 2.65. The highest BCUT2D eigenvalue weighted by Gasteiger charge is 2.12. The molecule has 2 aromatic carbocycles. The first-order chi connectivity index (χ1) is 12.5. The normalized spacial score (nSPS) is 10.7. The van der Waals surface area contributed by atoms with Gasteiger partial charge in [-0.05, 0) is 48.1 Å². The number of thiocarbonyl (C=S) groups is 1. The number of nitrogens with one attached hydrogen (secondary N) is 2. The molecule has 0 aliphatic rings. The zero-order valence-electron chi connectivity index (χ0n) is 14.0. The lowest BCUT2D eigenvalue weighted by atomic mass is 10.2. The first kappa shape index (κ1) is 20.6. The van der Waals surface area contributed by atoms with Crippen LogP contribution in [0, 0.1) is 0 Å². The zero-order chi connectivity index (χ0) is 19.1. The standard InChI is InChI=1S/C17H16Cl3N3O2S/c1-21-17(26)23-22-8-10-3-6-14(15(7-10)24-2)25-9-11-12(18)4-5-13(19)16(11)20/h3-8H,9H2,1-2H3,(H2,21,23,26)/b22-8+. The quantitative estimate of drug-likeness (QED) is 0.301. The molecule has 138 valence electrons. The second kappa shape index (κ2) is 9.83. The van der Waals surface area contributed by atoms with E-state index < -0.39 is 0 Å². The van der Waals surface area contributed by atoms with Crippen LogP contribution >= 0.6 is 47.0 Å². The predicted octanol–water partition coefficient (Wildman–Crippen LogP) is 4.66. The van der Waals surface area contributed by atoms with Crippen LogP contribution in [0.2, 0.25) is 15.1 Å². The van der Waals surface area contributed by atoms with Crippen molar-refractivity contribution in [3.63, 3.8) is 0 Å². The van der Waals surface area contributed by atoms with E-state index in [1.54, 1.807) is 44.6 Å². The number of hydrazone groups is 1. The van der Waals surface area contributed by atoms with Crippen LogP contribution in [0.4, 0.5) is 0 Å². The first-order valence-electron chi connectivity index (χ1n) is 7.40. The fraction of sp³-hybridized carbons (Fsp3) is 0.176. The van der Waals surface area contributed by atoms with Gasteiger partial charge in [-0.25, -0.2) is 0 Å². The van der Waals surface area contributed by atoms with Crippen LogP contribution in [0.3, 0.4) is 0 Å². The second-order valence-corrected chi connectivity index (χ2v) is 6.57. The Morgan fingerprint density at radius 1 is 1.15 bits per heavy atom. The monoisotopic (exact) mass is 431 g/mol. The van der Waals surface area contributed by atoms with Gasteiger partial charge >= 0.3 is 0 Å². The predicted molar refractivity (Wildman–Crippen MR) is 111 cm³/mol. The summed E-state index contributed by atoms with van der Waals surface area (Å²) in [6.45, 7) is 0.153. The van der Waals surface area contributed by atoms with E-state index in [0.29, 0.717) is 37.2 Å². The summed E-state index contributed by atoms with van der Waals surface area (Å²) in [7, 11) is 3.26. The molecule has 0 heterocycles. The topological polar surface area (TPSA) is 54.9 Å². The van der Waals surface area contributed by atoms with Crippen molar-refractivity contribution in [2.24, 2.45) is 5.10 Å². The third-order valence-corrected chi connectivity index (χ3v) is 4.80. The third-order valence-electron chi connectivity index (χ3n) is 3.31. The number of nitrogens with zero attached hydrogens (tertiary/aromatic N) is 1. The first-order valence-corrected chi connectivity index (χ1v) is 8.94. The summed E-state index contributed by atoms with van der Waals surface area (Å²) >= 11 is 23.3. The molecular formula is C17H16Cl3N3O2S. The fourth-order valence-corrected chi connectivity index (χ4v) is 2.67. The SMILES string of the molecule is CNC(=S)N/N=C/c1ccc(OCc2c(Cl)ccc(Cl)c2Cl)c(OC)c1. The highest BCUT2D eigenvalue weighted by molar-refractivity contribution is 7.80. The molecule has 0 spiro atoms. The minimum Gasteiger partial charge on any atom is -0.493 e. The van der Waals surface area contributed by atoms with Gasteiger partial charge in [-0.2, -0.15) is 5.10 Å². The van der Waals surface area contributed by atoms with Gasteiger partial charge < -0.3 is 14.8 Å². The lowest BCUT2D eigenvalue weighted by molar-refractivity contribution is 0.284. The molecule has 2 N–H and O–H groups in total. The Morgan fingerprint density at radius 2 is 1.88 bits per heavy atom. The summed E-state index contributed by atoms with van der Waals surface area (Å²) in [4.78, 5) is 0. The van der Waals surface area contributed by atoms with Crippen molar-refractivity contribution in [3.8, 4) is 11.5 Å². The van der Waals surface area contributed by atoms with Crippen LogP contribution in [0.1, 0.15) is 11.1 Å². The molecule has 5 nitrogen and oxygen atoms in total. The van der Waals surface area contributed by atoms with Gasteiger partial charge in [0.15, 0.2) is 16.6 Å². The van der Waals surface area contributed by atoms with Crippen molar-refractivity contribution in [1.29, 1.82) is 0 Å². The molecule has 0 radical (unpaired) electrons. The Balaban J connectivity index is 2.13. The number of rotatable bonds is 6. The summed E-state index contributed by atoms with van der Waals surface area (Å²) in [6, 6.07) is 8.69. The van der Waals surface area contributed by atoms with Crippen molar-refractivity contribution >= 4 is 58.3 Å². The minimum atomic E-state index is 0.153. The molecular weight excluding hydrogens is 417 g/mol. The van der Waals surface area contributed by atoms with Crippen LogP contribution < -0.4 is 20.2 Å². The summed E-state index contributed by atoms with van der Waals surface area (Å²) in [5, 5.41) is 8.46. The van der Waals surface area contributed by atoms with E-state index in [4.69, 9.17) is 56.5 Å². The molecule has 0 aliphatic heterocycles. The molecule has 0 fully saturated rings. The van der Waals surface area contributed by atoms with Gasteiger partial charge in [-0.15, -0.1) is 0 Å². The van der Waals surface area contributed by atoms with Gasteiger partial charge in [0.05, 0.1) is 23.4 Å². The lowest BCUT2D eigenvalue weighted by Gasteiger charge is -2.13. The fourth-order valence-electron chi connectivity index (χ4n) is 1.96. The van der Waals surface area contributed by atoms with Crippen LogP contribution in [-0.4, -0.2) is 25.5 Å². The molecule has 9 heteroatoms. The Labute approximate surface area is 172 Å². The Hall–Kier alpha value is -1.73. The largest absolute Gasteiger partial charge is 0.493 e. The molecule has 0 saturated heterocycles. The molecule has 0 unspecified atom stereocenters. The summed E-state index contributed by atoms with van der Waals surface area (Å²) in [6.07, 6.45) is 1.61. The molecule has 0 saturated carbocycles. The third kappa shape index (κ3) is 5.38. The second-order valence-electron chi connectivity index (χ2n) is 4.97. The van der Waals surface area contributed by atoms with E-state index in [-0.39, 0.29) is 6.61 Å². The van der Waals surface area contributed by atoms with E-state index in [0.717, 1.165) is 5.56 Å². The van der Waals surface area contributed by atoms with Crippen LogP contribution in [0.15, 0.2) is 35.4 Å². The van der Waals surface area contributed by atoms with Gasteiger partial charge in [0, 0.05) is 17.6 Å². The Morgan fingerprint density at radius 3 is 2.58 bits per heavy atom. The number of hydrogen-bond acceptors (Lipinski definition) is 4. The lowest BCUT2D eigenvalue weighted by Crippen LogP contribution is -2.28. The van der Waals surface area contributed by atoms with E-state index >= 15 is 0 Å². The van der Waals surface area contributed by atoms with Gasteiger partial charge in [0.1, 0.15) is 6.61 Å². The number of hydrogen-bond donors (Lipinski definition) is 2. The van der Waals surface area contributed by atoms with E-state index in [1.807, 2.05) is 6.07 Å². The molecule has 2 rings (SSSR count). The average molecular weight is 433 g/mol. The van der Waals surface area contributed by atoms with E-state index in [9.17, 15) is 0 Å². The maximum absolute atomic E-state index is 6.19. The molecule has 0 aliphatic carbocycles. The summed E-state index contributed by atoms with van der Waals surface area (Å²) < 4.78 is 11.2. The highest BCUT2D eigenvalue weighted by Crippen LogP contribution is 2.34. The van der Waals surface area contributed by atoms with Crippen molar-refractivity contribution in [3.05, 3.63) is 56.5 Å². The van der Waals surface area contributed by atoms with Crippen molar-refractivity contribution in [2.75, 3.05) is 14.2 Å². The molecule has 26 heavy (non-hydrogen) atoms. The minimum absolute atomic E-state index is 0.153. The number of ether oxygens (including phenoxy) is 2. The summed E-state index contributed by atoms with van der Waals surface area (Å²) in [5.74, 6) is 1.08. The van der Waals surface area contributed by atoms with Crippen LogP contribution in [-0.2, 0) is 6.61 Å². The molecule has 0 aromatic heterocycles. The Kier molecular flexibility index (Phi) is 7.78. The van der Waals surface area contributed by atoms with Crippen molar-refractivity contribution in [1.82, 2.24) is 10.7 Å². The molecule has 0 atom stereocenters. The van der Waals surface area contributed by atoms with Gasteiger partial charge in [-0.3, -0.25) is 5.43 Å². The van der Waals surface area contributed by atoms with Crippen LogP contribution in [0.5, 0.6) is 11.5 Å². The summed E-state index contributed by atoms with van der Waals surface area (Å²) in [5.41, 5.74) is 4.09. The molecule has 0 amide bonds. The van der Waals surface area contributed by atoms with Gasteiger partial charge in [-0.1, -0.05) is 34.8 Å². The Bertz CT molecular complexity index is 831. The van der Waals surface area contributed by atoms with Crippen LogP contribution in [0.25, 0.3) is 0 Å². The number of benzene rings is 2. The van der Waals surface area contributed by atoms with E-state index in [2.05, 4.69) is 15.8 Å². The van der Waals surface area contributed by atoms with Crippen molar-refractivity contribution in [2.45, 2.75) is 6.61 Å². The maximum atomic E-state index is 6.19. The van der Waals surface area contributed by atoms with Gasteiger partial charge in [0.25, 0.3) is 0 Å². The number of methoxy groups -OCH3 is 1. The highest BCUT2D eigenvalue weighted by atomic mass is 35.5. The smallest absolute Gasteiger partial charge is 0.186 e. The zero-order valence-corrected chi connectivity index (χ0v) is 17.1. The number of halogens is 3. The van der Waals surface area contributed by atoms with Crippen molar-refractivity contribution < 1.29 is 9.47 Å². The maximum Gasteiger partial charge on any atom is 0.186 e.